The zero-order valence-electron chi connectivity index (χ0n) is 11.0. The van der Waals surface area contributed by atoms with Gasteiger partial charge in [-0.2, -0.15) is 5.10 Å². The summed E-state index contributed by atoms with van der Waals surface area (Å²) in [5.74, 6) is 0.549. The molecule has 0 amide bonds. The van der Waals surface area contributed by atoms with E-state index in [0.29, 0.717) is 11.4 Å². The number of rotatable bonds is 6. The third-order valence-electron chi connectivity index (χ3n) is 2.49. The fraction of sp³-hybridized carbons (Fsp3) is 0.250. The fourth-order valence-corrected chi connectivity index (χ4v) is 2.38. The van der Waals surface area contributed by atoms with E-state index in [2.05, 4.69) is 14.9 Å². The van der Waals surface area contributed by atoms with Crippen LogP contribution in [0.4, 0.5) is 11.5 Å². The van der Waals surface area contributed by atoms with E-state index in [1.54, 1.807) is 37.3 Å². The number of nitrogens with zero attached hydrogens (tertiary/aromatic N) is 1. The van der Waals surface area contributed by atoms with Crippen LogP contribution in [0.3, 0.4) is 0 Å². The molecule has 0 unspecified atom stereocenters. The highest BCUT2D eigenvalue weighted by Gasteiger charge is 2.12. The van der Waals surface area contributed by atoms with Gasteiger partial charge in [0.05, 0.1) is 5.69 Å². The molecule has 108 valence electrons. The van der Waals surface area contributed by atoms with E-state index in [-0.39, 0.29) is 18.2 Å². The van der Waals surface area contributed by atoms with Gasteiger partial charge in [0.1, 0.15) is 18.1 Å². The average Bonchev–Trinajstić information content (AvgIpc) is 2.76. The van der Waals surface area contributed by atoms with Crippen molar-refractivity contribution in [2.75, 3.05) is 22.8 Å². The van der Waals surface area contributed by atoms with Crippen molar-refractivity contribution in [2.24, 2.45) is 0 Å². The standard InChI is InChI=1S/C12H16N4O3S/c1-9-8-12(15-14-9)16-20(17,18)7-6-19-11-5-3-2-4-10(11)13/h2-5,8H,6-7,13H2,1H3,(H2,14,15,16). The van der Waals surface area contributed by atoms with Crippen LogP contribution in [-0.2, 0) is 10.0 Å². The van der Waals surface area contributed by atoms with Crippen LogP contribution in [-0.4, -0.2) is 31.0 Å². The second-order valence-electron chi connectivity index (χ2n) is 4.24. The lowest BCUT2D eigenvalue weighted by molar-refractivity contribution is 0.343. The number of para-hydroxylation sites is 2. The van der Waals surface area contributed by atoms with Crippen LogP contribution in [0, 0.1) is 6.92 Å². The van der Waals surface area contributed by atoms with E-state index in [1.807, 2.05) is 0 Å². The third-order valence-corrected chi connectivity index (χ3v) is 3.72. The molecule has 0 spiro atoms. The van der Waals surface area contributed by atoms with Gasteiger partial charge in [-0.15, -0.1) is 0 Å². The molecule has 0 aliphatic heterocycles. The predicted octanol–water partition coefficient (Wildman–Crippen LogP) is 1.12. The number of nitrogen functional groups attached to an aromatic ring is 1. The summed E-state index contributed by atoms with van der Waals surface area (Å²) in [5.41, 5.74) is 6.94. The number of hydrogen-bond acceptors (Lipinski definition) is 5. The second kappa shape index (κ2) is 5.83. The molecule has 2 aromatic rings. The molecule has 2 rings (SSSR count). The van der Waals surface area contributed by atoms with Crippen molar-refractivity contribution in [3.63, 3.8) is 0 Å². The first-order valence-corrected chi connectivity index (χ1v) is 7.61. The number of ether oxygens (including phenoxy) is 1. The summed E-state index contributed by atoms with van der Waals surface area (Å²) in [6, 6.07) is 8.53. The Labute approximate surface area is 117 Å². The highest BCUT2D eigenvalue weighted by Crippen LogP contribution is 2.19. The van der Waals surface area contributed by atoms with Gasteiger partial charge in [0.25, 0.3) is 0 Å². The van der Waals surface area contributed by atoms with E-state index in [1.165, 1.54) is 0 Å². The minimum atomic E-state index is -3.50. The number of anilines is 2. The Hall–Kier alpha value is -2.22. The Kier molecular flexibility index (Phi) is 4.14. The van der Waals surface area contributed by atoms with Gasteiger partial charge >= 0.3 is 0 Å². The minimum absolute atomic E-state index is 0.00690. The summed E-state index contributed by atoms with van der Waals surface area (Å²) in [5, 5.41) is 6.46. The zero-order chi connectivity index (χ0) is 14.6. The topological polar surface area (TPSA) is 110 Å². The molecule has 7 nitrogen and oxygen atoms in total. The van der Waals surface area contributed by atoms with Crippen molar-refractivity contribution in [2.45, 2.75) is 6.92 Å². The molecular formula is C12H16N4O3S. The number of H-pyrrole nitrogens is 1. The first-order valence-electron chi connectivity index (χ1n) is 5.96. The minimum Gasteiger partial charge on any atom is -0.490 e. The molecule has 0 aliphatic rings. The smallest absolute Gasteiger partial charge is 0.237 e. The molecule has 0 fully saturated rings. The Morgan fingerprint density at radius 3 is 2.80 bits per heavy atom. The number of hydrogen-bond donors (Lipinski definition) is 3. The number of aryl methyl sites for hydroxylation is 1. The van der Waals surface area contributed by atoms with Gasteiger partial charge in [-0.05, 0) is 19.1 Å². The number of aromatic nitrogens is 2. The van der Waals surface area contributed by atoms with Crippen molar-refractivity contribution in [1.82, 2.24) is 10.2 Å². The van der Waals surface area contributed by atoms with E-state index in [0.717, 1.165) is 5.69 Å². The van der Waals surface area contributed by atoms with Crippen molar-refractivity contribution in [3.8, 4) is 5.75 Å². The van der Waals surface area contributed by atoms with Crippen LogP contribution in [0.1, 0.15) is 5.69 Å². The quantitative estimate of drug-likeness (QED) is 0.692. The summed E-state index contributed by atoms with van der Waals surface area (Å²) in [6.07, 6.45) is 0. The number of aromatic amines is 1. The first kappa shape index (κ1) is 14.2. The van der Waals surface area contributed by atoms with Gasteiger partial charge in [0.15, 0.2) is 5.82 Å². The van der Waals surface area contributed by atoms with Crippen LogP contribution >= 0.6 is 0 Å². The molecule has 1 heterocycles. The molecule has 0 saturated heterocycles. The van der Waals surface area contributed by atoms with E-state index >= 15 is 0 Å². The molecule has 20 heavy (non-hydrogen) atoms. The molecule has 0 bridgehead atoms. The van der Waals surface area contributed by atoms with Crippen LogP contribution in [0.2, 0.25) is 0 Å². The molecular weight excluding hydrogens is 280 g/mol. The van der Waals surface area contributed by atoms with Gasteiger partial charge in [-0.3, -0.25) is 9.82 Å². The molecule has 0 atom stereocenters. The Bertz CT molecular complexity index is 682. The highest BCUT2D eigenvalue weighted by molar-refractivity contribution is 7.92. The maximum absolute atomic E-state index is 11.8. The SMILES string of the molecule is Cc1cc(NS(=O)(=O)CCOc2ccccc2N)n[nH]1. The predicted molar refractivity (Wildman–Crippen MR) is 77.1 cm³/mol. The number of benzene rings is 1. The molecule has 0 aliphatic carbocycles. The van der Waals surface area contributed by atoms with Gasteiger partial charge in [-0.25, -0.2) is 8.42 Å². The summed E-state index contributed by atoms with van der Waals surface area (Å²) in [7, 11) is -3.50. The van der Waals surface area contributed by atoms with E-state index in [9.17, 15) is 8.42 Å². The summed E-state index contributed by atoms with van der Waals surface area (Å²) in [6.45, 7) is 1.79. The molecule has 0 radical (unpaired) electrons. The maximum Gasteiger partial charge on any atom is 0.237 e. The largest absolute Gasteiger partial charge is 0.490 e. The van der Waals surface area contributed by atoms with E-state index in [4.69, 9.17) is 10.5 Å². The highest BCUT2D eigenvalue weighted by atomic mass is 32.2. The van der Waals surface area contributed by atoms with Crippen LogP contribution < -0.4 is 15.2 Å². The molecule has 0 saturated carbocycles. The monoisotopic (exact) mass is 296 g/mol. The lowest BCUT2D eigenvalue weighted by Crippen LogP contribution is -2.21. The lowest BCUT2D eigenvalue weighted by Gasteiger charge is -2.09. The van der Waals surface area contributed by atoms with Crippen LogP contribution in [0.25, 0.3) is 0 Å². The van der Waals surface area contributed by atoms with Crippen LogP contribution in [0.5, 0.6) is 5.75 Å². The summed E-state index contributed by atoms with van der Waals surface area (Å²) < 4.78 is 31.3. The van der Waals surface area contributed by atoms with Gasteiger partial charge in [-0.1, -0.05) is 12.1 Å². The fourth-order valence-electron chi connectivity index (χ4n) is 1.55. The average molecular weight is 296 g/mol. The Morgan fingerprint density at radius 1 is 1.40 bits per heavy atom. The van der Waals surface area contributed by atoms with Crippen molar-refractivity contribution in [1.29, 1.82) is 0 Å². The van der Waals surface area contributed by atoms with Crippen LogP contribution in [0.15, 0.2) is 30.3 Å². The Morgan fingerprint density at radius 2 is 2.15 bits per heavy atom. The molecule has 4 N–H and O–H groups in total. The molecule has 1 aromatic carbocycles. The zero-order valence-corrected chi connectivity index (χ0v) is 11.8. The van der Waals surface area contributed by atoms with Gasteiger partial charge in [0.2, 0.25) is 10.0 Å². The van der Waals surface area contributed by atoms with Crippen molar-refractivity contribution in [3.05, 3.63) is 36.0 Å². The molecule has 8 heteroatoms. The molecule has 1 aromatic heterocycles. The second-order valence-corrected chi connectivity index (χ2v) is 6.09. The third kappa shape index (κ3) is 3.89. The summed E-state index contributed by atoms with van der Waals surface area (Å²) >= 11 is 0. The van der Waals surface area contributed by atoms with Gasteiger partial charge < -0.3 is 10.5 Å². The van der Waals surface area contributed by atoms with Gasteiger partial charge in [0, 0.05) is 11.8 Å². The maximum atomic E-state index is 11.8. The lowest BCUT2D eigenvalue weighted by atomic mass is 10.3. The number of nitrogens with one attached hydrogen (secondary N) is 2. The van der Waals surface area contributed by atoms with E-state index < -0.39 is 10.0 Å². The van der Waals surface area contributed by atoms with Crippen molar-refractivity contribution >= 4 is 21.5 Å². The normalized spacial score (nSPS) is 11.2. The number of nitrogens with two attached hydrogens (primary N) is 1. The first-order chi connectivity index (χ1) is 9.46. The summed E-state index contributed by atoms with van der Waals surface area (Å²) in [4.78, 5) is 0. The number of sulfonamides is 1. The Balaban J connectivity index is 1.88. The van der Waals surface area contributed by atoms with Crippen molar-refractivity contribution < 1.29 is 13.2 Å².